The van der Waals surface area contributed by atoms with Gasteiger partial charge in [-0.1, -0.05) is 12.1 Å². The van der Waals surface area contributed by atoms with Crippen LogP contribution in [0.1, 0.15) is 21.7 Å². The highest BCUT2D eigenvalue weighted by Gasteiger charge is 2.42. The first-order chi connectivity index (χ1) is 15.0. The molecule has 166 valence electrons. The summed E-state index contributed by atoms with van der Waals surface area (Å²) in [7, 11) is 1.13. The number of imidazole rings is 1. The van der Waals surface area contributed by atoms with Crippen LogP contribution in [0, 0.1) is 0 Å². The average Bonchev–Trinajstić information content (AvgIpc) is 3.31. The van der Waals surface area contributed by atoms with Gasteiger partial charge in [0.15, 0.2) is 0 Å². The van der Waals surface area contributed by atoms with Crippen molar-refractivity contribution in [3.8, 4) is 11.3 Å². The quantitative estimate of drug-likeness (QED) is 0.441. The fourth-order valence-electron chi connectivity index (χ4n) is 3.25. The van der Waals surface area contributed by atoms with Crippen LogP contribution in [0.15, 0.2) is 42.9 Å². The summed E-state index contributed by atoms with van der Waals surface area (Å²) in [6.45, 7) is 0. The minimum atomic E-state index is -5.00. The zero-order valence-corrected chi connectivity index (χ0v) is 16.0. The Labute approximate surface area is 175 Å². The van der Waals surface area contributed by atoms with Crippen molar-refractivity contribution in [2.45, 2.75) is 12.4 Å². The smallest absolute Gasteiger partial charge is 0.345 e. The van der Waals surface area contributed by atoms with Crippen LogP contribution in [-0.4, -0.2) is 30.6 Å². The highest BCUT2D eigenvalue weighted by atomic mass is 19.4. The number of carbonyl (C=O) groups is 1. The summed E-state index contributed by atoms with van der Waals surface area (Å²) >= 11 is 0. The van der Waals surface area contributed by atoms with Crippen molar-refractivity contribution in [1.29, 1.82) is 0 Å². The van der Waals surface area contributed by atoms with E-state index in [1.54, 1.807) is 6.07 Å². The second-order valence-corrected chi connectivity index (χ2v) is 6.68. The van der Waals surface area contributed by atoms with Crippen LogP contribution < -0.4 is 5.32 Å². The Morgan fingerprint density at radius 1 is 1.06 bits per heavy atom. The number of carbonyl (C=O) groups excluding carboxylic acids is 1. The standard InChI is InChI=1S/C19H12F6N6O/c1-31-16(17(32)29-9-5-6-26-12(7-9)18(20,21)22)13(19(23,24)25)15(30-31)10-3-2-4-11-14(10)28-8-27-11/h2-8H,1H3,(H,27,28)(H,26,29,32). The van der Waals surface area contributed by atoms with Crippen molar-refractivity contribution in [2.75, 3.05) is 5.32 Å². The summed E-state index contributed by atoms with van der Waals surface area (Å²) in [5, 5.41) is 5.95. The third-order valence-corrected chi connectivity index (χ3v) is 4.56. The zero-order chi connectivity index (χ0) is 23.3. The topological polar surface area (TPSA) is 88.5 Å². The van der Waals surface area contributed by atoms with Crippen molar-refractivity contribution < 1.29 is 31.1 Å². The molecule has 4 rings (SSSR count). The molecule has 7 nitrogen and oxygen atoms in total. The Kier molecular flexibility index (Phi) is 4.90. The third kappa shape index (κ3) is 3.76. The number of pyridine rings is 1. The number of para-hydroxylation sites is 1. The average molecular weight is 454 g/mol. The van der Waals surface area contributed by atoms with Gasteiger partial charge in [-0.05, 0) is 18.2 Å². The molecule has 3 aromatic heterocycles. The molecular formula is C19H12F6N6O. The summed E-state index contributed by atoms with van der Waals surface area (Å²) in [6.07, 6.45) is -7.69. The van der Waals surface area contributed by atoms with E-state index in [0.29, 0.717) is 11.6 Å². The van der Waals surface area contributed by atoms with Crippen LogP contribution >= 0.6 is 0 Å². The number of aromatic amines is 1. The third-order valence-electron chi connectivity index (χ3n) is 4.56. The number of H-pyrrole nitrogens is 1. The lowest BCUT2D eigenvalue weighted by molar-refractivity contribution is -0.141. The summed E-state index contributed by atoms with van der Waals surface area (Å²) in [6, 6.07) is 6.04. The largest absolute Gasteiger partial charge is 0.433 e. The molecule has 0 aliphatic heterocycles. The van der Waals surface area contributed by atoms with E-state index in [2.05, 4.69) is 25.4 Å². The predicted octanol–water partition coefficient (Wildman–Crippen LogP) is 4.65. The van der Waals surface area contributed by atoms with Gasteiger partial charge in [0.25, 0.3) is 5.91 Å². The first-order valence-electron chi connectivity index (χ1n) is 8.88. The fraction of sp³-hybridized carbons (Fsp3) is 0.158. The van der Waals surface area contributed by atoms with E-state index >= 15 is 0 Å². The number of hydrogen-bond donors (Lipinski definition) is 2. The second-order valence-electron chi connectivity index (χ2n) is 6.68. The fourth-order valence-corrected chi connectivity index (χ4v) is 3.25. The Hall–Kier alpha value is -3.90. The predicted molar refractivity (Wildman–Crippen MR) is 100 cm³/mol. The monoisotopic (exact) mass is 454 g/mol. The molecule has 4 aromatic rings. The second kappa shape index (κ2) is 7.35. The lowest BCUT2D eigenvalue weighted by Gasteiger charge is -2.12. The number of aromatic nitrogens is 5. The van der Waals surface area contributed by atoms with E-state index in [-0.39, 0.29) is 16.8 Å². The van der Waals surface area contributed by atoms with Crippen molar-refractivity contribution in [3.05, 3.63) is 59.8 Å². The molecule has 0 bridgehead atoms. The van der Waals surface area contributed by atoms with Crippen molar-refractivity contribution in [1.82, 2.24) is 24.7 Å². The van der Waals surface area contributed by atoms with Crippen LogP contribution in [-0.2, 0) is 19.4 Å². The number of benzene rings is 1. The maximum Gasteiger partial charge on any atom is 0.433 e. The van der Waals surface area contributed by atoms with Gasteiger partial charge in [-0.2, -0.15) is 31.4 Å². The van der Waals surface area contributed by atoms with E-state index in [1.165, 1.54) is 18.5 Å². The molecule has 0 spiro atoms. The summed E-state index contributed by atoms with van der Waals surface area (Å²) in [4.78, 5) is 22.7. The molecule has 0 saturated heterocycles. The molecule has 0 atom stereocenters. The van der Waals surface area contributed by atoms with Crippen LogP contribution in [0.4, 0.5) is 32.0 Å². The number of amides is 1. The molecule has 0 radical (unpaired) electrons. The number of nitrogens with one attached hydrogen (secondary N) is 2. The first kappa shape index (κ1) is 21.3. The molecule has 32 heavy (non-hydrogen) atoms. The molecule has 1 amide bonds. The van der Waals surface area contributed by atoms with Gasteiger partial charge in [0.1, 0.15) is 22.6 Å². The number of anilines is 1. The molecule has 0 unspecified atom stereocenters. The van der Waals surface area contributed by atoms with Gasteiger partial charge in [-0.15, -0.1) is 0 Å². The number of halogens is 6. The summed E-state index contributed by atoms with van der Waals surface area (Å²) < 4.78 is 81.4. The Morgan fingerprint density at radius 3 is 2.50 bits per heavy atom. The van der Waals surface area contributed by atoms with Gasteiger partial charge in [0.05, 0.1) is 17.4 Å². The lowest BCUT2D eigenvalue weighted by atomic mass is 10.0. The van der Waals surface area contributed by atoms with Crippen molar-refractivity contribution in [3.63, 3.8) is 0 Å². The molecule has 13 heteroatoms. The van der Waals surface area contributed by atoms with Gasteiger partial charge < -0.3 is 10.3 Å². The summed E-state index contributed by atoms with van der Waals surface area (Å²) in [5.41, 5.74) is -3.70. The molecule has 3 heterocycles. The van der Waals surface area contributed by atoms with Gasteiger partial charge in [0.2, 0.25) is 0 Å². The normalized spacial score (nSPS) is 12.3. The molecule has 0 fully saturated rings. The molecule has 1 aromatic carbocycles. The Balaban J connectivity index is 1.82. The van der Waals surface area contributed by atoms with Crippen LogP contribution in [0.25, 0.3) is 22.3 Å². The van der Waals surface area contributed by atoms with Crippen LogP contribution in [0.3, 0.4) is 0 Å². The minimum Gasteiger partial charge on any atom is -0.345 e. The maximum absolute atomic E-state index is 14.0. The van der Waals surface area contributed by atoms with E-state index in [0.717, 1.165) is 24.0 Å². The van der Waals surface area contributed by atoms with E-state index in [9.17, 15) is 31.1 Å². The highest BCUT2D eigenvalue weighted by molar-refractivity contribution is 6.06. The minimum absolute atomic E-state index is 0.0361. The van der Waals surface area contributed by atoms with Gasteiger partial charge in [-0.25, -0.2) is 4.98 Å². The van der Waals surface area contributed by atoms with E-state index < -0.39 is 40.9 Å². The number of hydrogen-bond acceptors (Lipinski definition) is 4. The maximum atomic E-state index is 14.0. The first-order valence-corrected chi connectivity index (χ1v) is 8.88. The molecule has 0 aliphatic carbocycles. The molecule has 2 N–H and O–H groups in total. The highest BCUT2D eigenvalue weighted by Crippen LogP contribution is 2.41. The molecule has 0 saturated carbocycles. The van der Waals surface area contributed by atoms with Gasteiger partial charge in [-0.3, -0.25) is 14.5 Å². The van der Waals surface area contributed by atoms with Gasteiger partial charge >= 0.3 is 12.4 Å². The number of rotatable bonds is 3. The molecular weight excluding hydrogens is 442 g/mol. The molecule has 0 aliphatic rings. The van der Waals surface area contributed by atoms with Crippen molar-refractivity contribution >= 4 is 22.6 Å². The number of alkyl halides is 6. The number of fused-ring (bicyclic) bond motifs is 1. The number of nitrogens with zero attached hydrogens (tertiary/aromatic N) is 4. The van der Waals surface area contributed by atoms with Crippen LogP contribution in [0.5, 0.6) is 0 Å². The van der Waals surface area contributed by atoms with Gasteiger partial charge in [0, 0.05) is 24.5 Å². The summed E-state index contributed by atoms with van der Waals surface area (Å²) in [5.74, 6) is -1.29. The lowest BCUT2D eigenvalue weighted by Crippen LogP contribution is -2.21. The Morgan fingerprint density at radius 2 is 1.81 bits per heavy atom. The van der Waals surface area contributed by atoms with Crippen molar-refractivity contribution in [2.24, 2.45) is 7.05 Å². The Bertz CT molecular complexity index is 1320. The SMILES string of the molecule is Cn1nc(-c2cccc3[nH]cnc23)c(C(F)(F)F)c1C(=O)Nc1ccnc(C(F)(F)F)c1. The number of aryl methyl sites for hydroxylation is 1. The zero-order valence-electron chi connectivity index (χ0n) is 16.0. The van der Waals surface area contributed by atoms with E-state index in [1.807, 2.05) is 0 Å². The van der Waals surface area contributed by atoms with Crippen LogP contribution in [0.2, 0.25) is 0 Å². The van der Waals surface area contributed by atoms with E-state index in [4.69, 9.17) is 0 Å².